The van der Waals surface area contributed by atoms with Crippen LogP contribution in [0.1, 0.15) is 0 Å². The summed E-state index contributed by atoms with van der Waals surface area (Å²) in [6, 6.07) is 8.48. The average Bonchev–Trinajstić information content (AvgIpc) is 2.21. The molecule has 0 saturated heterocycles. The van der Waals surface area contributed by atoms with Crippen LogP contribution in [0.25, 0.3) is 11.1 Å². The highest BCUT2D eigenvalue weighted by Gasteiger charge is 2.00. The van der Waals surface area contributed by atoms with Gasteiger partial charge in [-0.2, -0.15) is 0 Å². The molecule has 102 valence electrons. The molecule has 2 rings (SSSR count). The number of nitrogens with zero attached hydrogens (tertiary/aromatic N) is 2. The minimum atomic E-state index is 0. The molecule has 0 atom stereocenters. The lowest BCUT2D eigenvalue weighted by atomic mass is 10.1. The Balaban J connectivity index is -0.000000562. The van der Waals surface area contributed by atoms with Gasteiger partial charge in [0.25, 0.3) is 0 Å². The molecule has 2 aromatic rings. The predicted molar refractivity (Wildman–Crippen MR) is 83.2 cm³/mol. The SMILES string of the molecule is C[n+]1ccc(-c2cc[n+](C)cc2)cc1.Cl.Cl.Cl.Cl. The van der Waals surface area contributed by atoms with Crippen molar-refractivity contribution in [2.45, 2.75) is 0 Å². The first-order valence-electron chi connectivity index (χ1n) is 4.67. The van der Waals surface area contributed by atoms with Gasteiger partial charge in [0.2, 0.25) is 0 Å². The first kappa shape index (κ1) is 22.6. The summed E-state index contributed by atoms with van der Waals surface area (Å²) in [5, 5.41) is 0. The molecule has 0 radical (unpaired) electrons. The maximum Gasteiger partial charge on any atom is 0.169 e. The van der Waals surface area contributed by atoms with Crippen molar-refractivity contribution < 1.29 is 9.13 Å². The summed E-state index contributed by atoms with van der Waals surface area (Å²) in [5.74, 6) is 0. The number of hydrogen-bond acceptors (Lipinski definition) is 0. The molecule has 0 saturated carbocycles. The van der Waals surface area contributed by atoms with Crippen LogP contribution < -0.4 is 9.13 Å². The number of aryl methyl sites for hydroxylation is 2. The molecule has 0 bridgehead atoms. The second kappa shape index (κ2) is 10.4. The van der Waals surface area contributed by atoms with Crippen LogP contribution in [0.3, 0.4) is 0 Å². The number of halogens is 4. The van der Waals surface area contributed by atoms with Gasteiger partial charge in [-0.3, -0.25) is 0 Å². The van der Waals surface area contributed by atoms with Gasteiger partial charge in [0.15, 0.2) is 24.8 Å². The van der Waals surface area contributed by atoms with Crippen LogP contribution in [0.15, 0.2) is 49.1 Å². The van der Waals surface area contributed by atoms with E-state index in [0.717, 1.165) is 0 Å². The molecule has 2 aromatic heterocycles. The van der Waals surface area contributed by atoms with Crippen LogP contribution >= 0.6 is 49.6 Å². The summed E-state index contributed by atoms with van der Waals surface area (Å²) >= 11 is 0. The summed E-state index contributed by atoms with van der Waals surface area (Å²) < 4.78 is 4.07. The molecule has 0 fully saturated rings. The zero-order chi connectivity index (χ0) is 9.97. The lowest BCUT2D eigenvalue weighted by Gasteiger charge is -1.97. The molecule has 0 amide bonds. The number of pyridine rings is 2. The second-order valence-electron chi connectivity index (χ2n) is 3.50. The van der Waals surface area contributed by atoms with Crippen LogP contribution in [0, 0.1) is 0 Å². The van der Waals surface area contributed by atoms with Gasteiger partial charge >= 0.3 is 0 Å². The Bertz CT molecular complexity index is 385. The van der Waals surface area contributed by atoms with Gasteiger partial charge < -0.3 is 0 Å². The zero-order valence-corrected chi connectivity index (χ0v) is 13.4. The van der Waals surface area contributed by atoms with Gasteiger partial charge in [0.1, 0.15) is 14.1 Å². The van der Waals surface area contributed by atoms with E-state index in [1.807, 2.05) is 23.2 Å². The molecule has 18 heavy (non-hydrogen) atoms. The molecule has 0 aliphatic heterocycles. The highest BCUT2D eigenvalue weighted by Crippen LogP contribution is 2.14. The third-order valence-electron chi connectivity index (χ3n) is 2.29. The Kier molecular flexibility index (Phi) is 13.1. The van der Waals surface area contributed by atoms with E-state index < -0.39 is 0 Å². The Morgan fingerprint density at radius 3 is 1.00 bits per heavy atom. The molecular weight excluding hydrogens is 314 g/mol. The van der Waals surface area contributed by atoms with Crippen molar-refractivity contribution >= 4 is 49.6 Å². The maximum absolute atomic E-state index is 2.12. The number of hydrogen-bond donors (Lipinski definition) is 0. The summed E-state index contributed by atoms with van der Waals surface area (Å²) in [5.41, 5.74) is 2.51. The van der Waals surface area contributed by atoms with Crippen molar-refractivity contribution in [2.24, 2.45) is 14.1 Å². The molecule has 0 N–H and O–H groups in total. The first-order chi connectivity index (χ1) is 6.75. The highest BCUT2D eigenvalue weighted by molar-refractivity contribution is 5.86. The Morgan fingerprint density at radius 2 is 0.778 bits per heavy atom. The molecule has 6 heteroatoms. The van der Waals surface area contributed by atoms with Crippen LogP contribution in [0.2, 0.25) is 0 Å². The second-order valence-corrected chi connectivity index (χ2v) is 3.50. The van der Waals surface area contributed by atoms with E-state index in [1.165, 1.54) is 11.1 Å². The lowest BCUT2D eigenvalue weighted by Crippen LogP contribution is -2.26. The largest absolute Gasteiger partial charge is 0.208 e. The van der Waals surface area contributed by atoms with Gasteiger partial charge in [0, 0.05) is 24.3 Å². The standard InChI is InChI=1S/C12H14N2.4ClH/c1-13-7-3-11(4-8-13)12-5-9-14(2)10-6-12;;;;/h3-10H,1-2H3;4*1H/q+2;;;;. The van der Waals surface area contributed by atoms with Crippen molar-refractivity contribution in [1.29, 1.82) is 0 Å². The predicted octanol–water partition coefficient (Wildman–Crippen LogP) is 2.69. The first-order valence-corrected chi connectivity index (χ1v) is 4.67. The zero-order valence-electron chi connectivity index (χ0n) is 10.1. The molecule has 0 unspecified atom stereocenters. The van der Waals surface area contributed by atoms with Crippen LogP contribution in [-0.2, 0) is 14.1 Å². The molecule has 0 aliphatic carbocycles. The third-order valence-corrected chi connectivity index (χ3v) is 2.29. The Labute approximate surface area is 133 Å². The molecule has 2 nitrogen and oxygen atoms in total. The van der Waals surface area contributed by atoms with Gasteiger partial charge in [0.05, 0.1) is 0 Å². The molecule has 0 aromatic carbocycles. The summed E-state index contributed by atoms with van der Waals surface area (Å²) in [6.07, 6.45) is 8.23. The van der Waals surface area contributed by atoms with Crippen molar-refractivity contribution in [1.82, 2.24) is 0 Å². The van der Waals surface area contributed by atoms with E-state index in [9.17, 15) is 0 Å². The van der Waals surface area contributed by atoms with Crippen LogP contribution in [0.5, 0.6) is 0 Å². The topological polar surface area (TPSA) is 7.76 Å². The highest BCUT2D eigenvalue weighted by atomic mass is 35.5. The summed E-state index contributed by atoms with van der Waals surface area (Å²) in [4.78, 5) is 0. The Morgan fingerprint density at radius 1 is 0.556 bits per heavy atom. The van der Waals surface area contributed by atoms with Gasteiger partial charge in [-0.1, -0.05) is 0 Å². The van der Waals surface area contributed by atoms with Crippen molar-refractivity contribution in [3.05, 3.63) is 49.1 Å². The normalized spacial score (nSPS) is 7.89. The fraction of sp³-hybridized carbons (Fsp3) is 0.167. The minimum Gasteiger partial charge on any atom is -0.208 e. The van der Waals surface area contributed by atoms with Gasteiger partial charge in [-0.05, 0) is 11.1 Å². The molecule has 0 spiro atoms. The Hall–Kier alpha value is -0.540. The van der Waals surface area contributed by atoms with E-state index in [-0.39, 0.29) is 49.6 Å². The minimum absolute atomic E-state index is 0. The van der Waals surface area contributed by atoms with Crippen molar-refractivity contribution in [2.75, 3.05) is 0 Å². The van der Waals surface area contributed by atoms with Crippen LogP contribution in [0.4, 0.5) is 0 Å². The fourth-order valence-electron chi connectivity index (χ4n) is 1.39. The third kappa shape index (κ3) is 5.87. The molecular formula is C12H18Cl4N2+2. The van der Waals surface area contributed by atoms with E-state index in [2.05, 4.69) is 49.1 Å². The van der Waals surface area contributed by atoms with E-state index in [4.69, 9.17) is 0 Å². The fourth-order valence-corrected chi connectivity index (χ4v) is 1.39. The summed E-state index contributed by atoms with van der Waals surface area (Å²) in [7, 11) is 4.05. The monoisotopic (exact) mass is 330 g/mol. The number of aromatic nitrogens is 2. The lowest BCUT2D eigenvalue weighted by molar-refractivity contribution is -0.671. The van der Waals surface area contributed by atoms with E-state index in [0.29, 0.717) is 0 Å². The van der Waals surface area contributed by atoms with Crippen molar-refractivity contribution in [3.63, 3.8) is 0 Å². The van der Waals surface area contributed by atoms with Gasteiger partial charge in [-0.15, -0.1) is 49.6 Å². The summed E-state index contributed by atoms with van der Waals surface area (Å²) in [6.45, 7) is 0. The quantitative estimate of drug-likeness (QED) is 0.710. The average molecular weight is 332 g/mol. The molecule has 0 aliphatic rings. The smallest absolute Gasteiger partial charge is 0.169 e. The molecule has 2 heterocycles. The number of rotatable bonds is 1. The van der Waals surface area contributed by atoms with Crippen molar-refractivity contribution in [3.8, 4) is 11.1 Å². The van der Waals surface area contributed by atoms with Crippen LogP contribution in [-0.4, -0.2) is 0 Å². The van der Waals surface area contributed by atoms with E-state index in [1.54, 1.807) is 0 Å². The maximum atomic E-state index is 2.12. The van der Waals surface area contributed by atoms with E-state index >= 15 is 0 Å². The van der Waals surface area contributed by atoms with Gasteiger partial charge in [-0.25, -0.2) is 9.13 Å².